The maximum Gasteiger partial charge on any atom is 0.459 e. The fourth-order valence-electron chi connectivity index (χ4n) is 3.38. The smallest absolute Gasteiger partial charge is 0.459 e. The molecular weight excluding hydrogens is 473 g/mol. The van der Waals surface area contributed by atoms with Crippen LogP contribution in [0.2, 0.25) is 0 Å². The number of aromatic nitrogens is 2. The number of para-hydroxylation sites is 1. The molecule has 0 saturated carbocycles. The lowest BCUT2D eigenvalue weighted by atomic mass is 10.1. The zero-order chi connectivity index (χ0) is 25.0. The highest BCUT2D eigenvalue weighted by Gasteiger charge is 2.49. The molecule has 1 unspecified atom stereocenters. The Bertz CT molecular complexity index is 1150. The molecular formula is C20H26N3O10P. The molecule has 0 radical (unpaired) electrons. The van der Waals surface area contributed by atoms with Gasteiger partial charge in [-0.1, -0.05) is 18.2 Å². The van der Waals surface area contributed by atoms with E-state index in [9.17, 15) is 29.2 Å². The third-order valence-electron chi connectivity index (χ3n) is 5.04. The predicted octanol–water partition coefficient (Wildman–Crippen LogP) is -0.101. The van der Waals surface area contributed by atoms with E-state index in [4.69, 9.17) is 13.8 Å². The van der Waals surface area contributed by atoms with Crippen molar-refractivity contribution in [2.75, 3.05) is 7.11 Å². The summed E-state index contributed by atoms with van der Waals surface area (Å²) in [5, 5.41) is 23.5. The van der Waals surface area contributed by atoms with Gasteiger partial charge < -0.3 is 24.2 Å². The maximum absolute atomic E-state index is 13.6. The number of nitrogens with one attached hydrogen (secondary N) is 2. The molecule has 1 fully saturated rings. The van der Waals surface area contributed by atoms with Crippen molar-refractivity contribution in [2.24, 2.45) is 0 Å². The van der Waals surface area contributed by atoms with Gasteiger partial charge in [0.1, 0.15) is 30.1 Å². The first-order valence-corrected chi connectivity index (χ1v) is 11.8. The summed E-state index contributed by atoms with van der Waals surface area (Å²) < 4.78 is 35.9. The van der Waals surface area contributed by atoms with Crippen LogP contribution < -0.4 is 20.9 Å². The quantitative estimate of drug-likeness (QED) is 0.267. The lowest BCUT2D eigenvalue weighted by molar-refractivity contribution is -0.142. The second kappa shape index (κ2) is 10.6. The van der Waals surface area contributed by atoms with Gasteiger partial charge in [-0.3, -0.25) is 23.7 Å². The molecule has 13 nitrogen and oxygen atoms in total. The van der Waals surface area contributed by atoms with Crippen LogP contribution in [0.3, 0.4) is 0 Å². The Balaban J connectivity index is 1.82. The van der Waals surface area contributed by atoms with E-state index < -0.39 is 61.7 Å². The van der Waals surface area contributed by atoms with Crippen LogP contribution in [0.5, 0.6) is 5.75 Å². The molecule has 1 aromatic carbocycles. The number of hydrogen-bond acceptors (Lipinski definition) is 10. The molecule has 1 aromatic heterocycles. The minimum Gasteiger partial charge on any atom is -0.468 e. The van der Waals surface area contributed by atoms with E-state index in [1.54, 1.807) is 18.2 Å². The van der Waals surface area contributed by atoms with Gasteiger partial charge in [0.05, 0.1) is 13.2 Å². The number of methoxy groups -OCH3 is 1. The number of carbonyl (C=O) groups excluding carboxylic acids is 1. The number of nitrogens with zero attached hydrogens (tertiary/aromatic N) is 1. The van der Waals surface area contributed by atoms with Crippen molar-refractivity contribution in [1.29, 1.82) is 0 Å². The molecule has 1 saturated heterocycles. The normalized spacial score (nSPS) is 25.8. The first-order chi connectivity index (χ1) is 16.0. The van der Waals surface area contributed by atoms with Gasteiger partial charge in [0, 0.05) is 12.3 Å². The van der Waals surface area contributed by atoms with Crippen LogP contribution in [0.25, 0.3) is 0 Å². The monoisotopic (exact) mass is 499 g/mol. The lowest BCUT2D eigenvalue weighted by Gasteiger charge is -2.28. The fraction of sp³-hybridized carbons (Fsp3) is 0.450. The summed E-state index contributed by atoms with van der Waals surface area (Å²) >= 11 is 0. The Morgan fingerprint density at radius 3 is 2.47 bits per heavy atom. The summed E-state index contributed by atoms with van der Waals surface area (Å²) in [6.45, 7) is 2.80. The minimum absolute atomic E-state index is 0.174. The van der Waals surface area contributed by atoms with Crippen LogP contribution in [-0.2, 0) is 23.4 Å². The van der Waals surface area contributed by atoms with Gasteiger partial charge in [0.2, 0.25) is 0 Å². The van der Waals surface area contributed by atoms with Gasteiger partial charge in [-0.15, -0.1) is 0 Å². The van der Waals surface area contributed by atoms with E-state index in [0.29, 0.717) is 0 Å². The van der Waals surface area contributed by atoms with Crippen molar-refractivity contribution in [1.82, 2.24) is 14.6 Å². The third-order valence-corrected chi connectivity index (χ3v) is 6.81. The van der Waals surface area contributed by atoms with Crippen LogP contribution in [0.15, 0.2) is 52.2 Å². The number of carbonyl (C=O) groups is 1. The molecule has 0 amide bonds. The van der Waals surface area contributed by atoms with E-state index in [1.165, 1.54) is 26.0 Å². The molecule has 0 aliphatic carbocycles. The summed E-state index contributed by atoms with van der Waals surface area (Å²) in [6.07, 6.45) is -5.80. The number of aliphatic hydroxyl groups is 2. The zero-order valence-corrected chi connectivity index (χ0v) is 19.5. The standard InChI is InChI=1S/C20H26N3O10P/c1-11(19(27)30-3)22-34(29,33-13-7-5-4-6-8-13)32-12(2)17-15(25)16(26)18(31-17)23-10-9-14(24)21-20(23)28/h4-12,15-18,25-26H,1-3H3,(H,22,29)(H,21,24,28)/t11-,12-,15-,16-,17+,18+,34?/m0/s1. The maximum atomic E-state index is 13.6. The van der Waals surface area contributed by atoms with E-state index in [2.05, 4.69) is 9.82 Å². The largest absolute Gasteiger partial charge is 0.468 e. The molecule has 2 heterocycles. The molecule has 0 bridgehead atoms. The van der Waals surface area contributed by atoms with Gasteiger partial charge in [0.15, 0.2) is 6.23 Å². The number of hydrogen-bond donors (Lipinski definition) is 4. The van der Waals surface area contributed by atoms with E-state index >= 15 is 0 Å². The van der Waals surface area contributed by atoms with Crippen LogP contribution in [0.1, 0.15) is 20.1 Å². The summed E-state index contributed by atoms with van der Waals surface area (Å²) in [6, 6.07) is 8.01. The number of aliphatic hydroxyl groups excluding tert-OH is 2. The molecule has 7 atom stereocenters. The number of H-pyrrole nitrogens is 1. The lowest BCUT2D eigenvalue weighted by Crippen LogP contribution is -2.41. The minimum atomic E-state index is -4.27. The van der Waals surface area contributed by atoms with E-state index in [1.807, 2.05) is 4.98 Å². The number of benzene rings is 1. The van der Waals surface area contributed by atoms with Crippen LogP contribution in [-0.4, -0.2) is 63.3 Å². The molecule has 2 aromatic rings. The Kier molecular flexibility index (Phi) is 8.08. The summed E-state index contributed by atoms with van der Waals surface area (Å²) in [7, 11) is -3.10. The Morgan fingerprint density at radius 2 is 1.85 bits per heavy atom. The second-order valence-corrected chi connectivity index (χ2v) is 9.22. The third kappa shape index (κ3) is 5.81. The molecule has 3 rings (SSSR count). The van der Waals surface area contributed by atoms with Crippen molar-refractivity contribution in [3.63, 3.8) is 0 Å². The topological polar surface area (TPSA) is 178 Å². The summed E-state index contributed by atoms with van der Waals surface area (Å²) in [5.74, 6) is -0.550. The van der Waals surface area contributed by atoms with Crippen molar-refractivity contribution in [3.8, 4) is 5.75 Å². The zero-order valence-electron chi connectivity index (χ0n) is 18.6. The average Bonchev–Trinajstić information content (AvgIpc) is 3.08. The molecule has 0 spiro atoms. The molecule has 4 N–H and O–H groups in total. The van der Waals surface area contributed by atoms with Gasteiger partial charge >= 0.3 is 19.4 Å². The summed E-state index contributed by atoms with van der Waals surface area (Å²) in [4.78, 5) is 37.3. The van der Waals surface area contributed by atoms with Gasteiger partial charge in [0.25, 0.3) is 5.56 Å². The second-order valence-electron chi connectivity index (χ2n) is 7.58. The van der Waals surface area contributed by atoms with Crippen molar-refractivity contribution < 1.29 is 38.1 Å². The Hall–Kier alpha value is -2.80. The average molecular weight is 499 g/mol. The van der Waals surface area contributed by atoms with Crippen LogP contribution >= 0.6 is 7.75 Å². The highest BCUT2D eigenvalue weighted by molar-refractivity contribution is 7.52. The first kappa shape index (κ1) is 25.8. The highest BCUT2D eigenvalue weighted by Crippen LogP contribution is 2.47. The van der Waals surface area contributed by atoms with Crippen LogP contribution in [0.4, 0.5) is 0 Å². The number of esters is 1. The van der Waals surface area contributed by atoms with Gasteiger partial charge in [-0.2, -0.15) is 5.09 Å². The summed E-state index contributed by atoms with van der Waals surface area (Å²) in [5.41, 5.74) is -1.50. The Morgan fingerprint density at radius 1 is 1.18 bits per heavy atom. The van der Waals surface area contributed by atoms with Crippen molar-refractivity contribution in [3.05, 3.63) is 63.4 Å². The highest BCUT2D eigenvalue weighted by atomic mass is 31.2. The number of rotatable bonds is 9. The van der Waals surface area contributed by atoms with Crippen molar-refractivity contribution in [2.45, 2.75) is 50.5 Å². The molecule has 34 heavy (non-hydrogen) atoms. The first-order valence-electron chi connectivity index (χ1n) is 10.3. The SMILES string of the molecule is COC(=O)[C@H](C)NP(=O)(Oc1ccccc1)O[C@@H](C)[C@H]1O[C@@H](n2ccc(=O)[nH]c2=O)[C@@H](O)[C@@H]1O. The number of aromatic amines is 1. The molecule has 14 heteroatoms. The fourth-order valence-corrected chi connectivity index (χ4v) is 5.07. The molecule has 1 aliphatic heterocycles. The van der Waals surface area contributed by atoms with E-state index in [-0.39, 0.29) is 5.75 Å². The van der Waals surface area contributed by atoms with Crippen LogP contribution in [0, 0.1) is 0 Å². The van der Waals surface area contributed by atoms with Gasteiger partial charge in [-0.25, -0.2) is 9.36 Å². The number of ether oxygens (including phenoxy) is 2. The predicted molar refractivity (Wildman–Crippen MR) is 117 cm³/mol. The van der Waals surface area contributed by atoms with Gasteiger partial charge in [-0.05, 0) is 26.0 Å². The van der Waals surface area contributed by atoms with E-state index in [0.717, 1.165) is 23.9 Å². The molecule has 186 valence electrons. The van der Waals surface area contributed by atoms with Crippen molar-refractivity contribution >= 4 is 13.7 Å². The Labute approximate surface area is 193 Å². The molecule has 1 aliphatic rings.